The summed E-state index contributed by atoms with van der Waals surface area (Å²) in [5.41, 5.74) is 6.66. The van der Waals surface area contributed by atoms with Crippen molar-refractivity contribution in [1.82, 2.24) is 4.72 Å². The number of anilines is 2. The summed E-state index contributed by atoms with van der Waals surface area (Å²) in [6.07, 6.45) is 1.17. The molecule has 0 bridgehead atoms. The van der Waals surface area contributed by atoms with Gasteiger partial charge in [0, 0.05) is 18.8 Å². The number of rotatable bonds is 3. The molecule has 106 valence electrons. The SMILES string of the molecule is CNS(=O)(=O)c1cc(N)ccc1N1CCCC(O)C1. The fraction of sp³-hybridized carbons (Fsp3) is 0.500. The molecule has 0 aliphatic carbocycles. The second-order valence-electron chi connectivity index (χ2n) is 4.68. The van der Waals surface area contributed by atoms with Crippen LogP contribution in [0.1, 0.15) is 12.8 Å². The topological polar surface area (TPSA) is 95.7 Å². The van der Waals surface area contributed by atoms with Gasteiger partial charge in [-0.15, -0.1) is 0 Å². The molecule has 0 aromatic heterocycles. The Morgan fingerprint density at radius 1 is 1.47 bits per heavy atom. The largest absolute Gasteiger partial charge is 0.399 e. The minimum Gasteiger partial charge on any atom is -0.399 e. The summed E-state index contributed by atoms with van der Waals surface area (Å²) in [5, 5.41) is 9.71. The first kappa shape index (κ1) is 14.1. The zero-order valence-electron chi connectivity index (χ0n) is 10.8. The highest BCUT2D eigenvalue weighted by Gasteiger charge is 2.24. The summed E-state index contributed by atoms with van der Waals surface area (Å²) in [4.78, 5) is 2.04. The van der Waals surface area contributed by atoms with Crippen LogP contribution in [0.5, 0.6) is 0 Å². The van der Waals surface area contributed by atoms with Gasteiger partial charge in [-0.2, -0.15) is 0 Å². The highest BCUT2D eigenvalue weighted by Crippen LogP contribution is 2.29. The fourth-order valence-electron chi connectivity index (χ4n) is 2.29. The maximum Gasteiger partial charge on any atom is 0.242 e. The molecule has 6 nitrogen and oxygen atoms in total. The van der Waals surface area contributed by atoms with Gasteiger partial charge in [0.05, 0.1) is 11.8 Å². The molecule has 1 aromatic carbocycles. The molecule has 0 spiro atoms. The van der Waals surface area contributed by atoms with Crippen LogP contribution >= 0.6 is 0 Å². The van der Waals surface area contributed by atoms with E-state index in [1.807, 2.05) is 4.90 Å². The second kappa shape index (κ2) is 5.36. The van der Waals surface area contributed by atoms with Crippen LogP contribution in [0.4, 0.5) is 11.4 Å². The minimum absolute atomic E-state index is 0.157. The fourth-order valence-corrected chi connectivity index (χ4v) is 3.27. The average molecular weight is 285 g/mol. The Labute approximate surface area is 113 Å². The van der Waals surface area contributed by atoms with Crippen LogP contribution in [0.15, 0.2) is 23.1 Å². The van der Waals surface area contributed by atoms with E-state index in [2.05, 4.69) is 4.72 Å². The molecule has 4 N–H and O–H groups in total. The summed E-state index contributed by atoms with van der Waals surface area (Å²) in [5.74, 6) is 0. The predicted octanol–water partition coefficient (Wildman–Crippen LogP) is 0.138. The zero-order valence-corrected chi connectivity index (χ0v) is 11.7. The molecule has 1 fully saturated rings. The van der Waals surface area contributed by atoms with Crippen molar-refractivity contribution in [2.45, 2.75) is 23.8 Å². The van der Waals surface area contributed by atoms with Crippen molar-refractivity contribution in [2.75, 3.05) is 30.8 Å². The van der Waals surface area contributed by atoms with Crippen molar-refractivity contribution in [2.24, 2.45) is 0 Å². The number of aliphatic hydroxyl groups is 1. The second-order valence-corrected chi connectivity index (χ2v) is 6.53. The number of nitrogens with two attached hydrogens (primary N) is 1. The lowest BCUT2D eigenvalue weighted by Crippen LogP contribution is -2.39. The third-order valence-corrected chi connectivity index (χ3v) is 4.72. The van der Waals surface area contributed by atoms with E-state index < -0.39 is 16.1 Å². The van der Waals surface area contributed by atoms with Gasteiger partial charge in [-0.25, -0.2) is 13.1 Å². The highest BCUT2D eigenvalue weighted by molar-refractivity contribution is 7.89. The molecule has 0 amide bonds. The molecule has 0 radical (unpaired) electrons. The van der Waals surface area contributed by atoms with Crippen LogP contribution < -0.4 is 15.4 Å². The maximum absolute atomic E-state index is 12.0. The third-order valence-electron chi connectivity index (χ3n) is 3.28. The molecular formula is C12H19N3O3S. The molecule has 0 saturated carbocycles. The Bertz CT molecular complexity index is 559. The van der Waals surface area contributed by atoms with E-state index in [1.54, 1.807) is 12.1 Å². The van der Waals surface area contributed by atoms with E-state index in [9.17, 15) is 13.5 Å². The molecule has 7 heteroatoms. The van der Waals surface area contributed by atoms with Crippen LogP contribution in [0.3, 0.4) is 0 Å². The van der Waals surface area contributed by atoms with Crippen LogP contribution in [-0.2, 0) is 10.0 Å². The lowest BCUT2D eigenvalue weighted by atomic mass is 10.1. The molecule has 1 atom stereocenters. The van der Waals surface area contributed by atoms with Crippen molar-refractivity contribution >= 4 is 21.4 Å². The monoisotopic (exact) mass is 285 g/mol. The van der Waals surface area contributed by atoms with Crippen LogP contribution in [0.25, 0.3) is 0 Å². The normalized spacial score (nSPS) is 20.5. The van der Waals surface area contributed by atoms with Crippen molar-refractivity contribution in [3.63, 3.8) is 0 Å². The number of nitrogens with one attached hydrogen (secondary N) is 1. The Morgan fingerprint density at radius 2 is 2.21 bits per heavy atom. The first-order chi connectivity index (χ1) is 8.94. The van der Waals surface area contributed by atoms with E-state index >= 15 is 0 Å². The Balaban J connectivity index is 2.45. The molecule has 1 aliphatic heterocycles. The van der Waals surface area contributed by atoms with E-state index in [1.165, 1.54) is 13.1 Å². The van der Waals surface area contributed by atoms with Gasteiger partial charge in [-0.1, -0.05) is 0 Å². The number of nitrogens with zero attached hydrogens (tertiary/aromatic N) is 1. The smallest absolute Gasteiger partial charge is 0.242 e. The van der Waals surface area contributed by atoms with Crippen molar-refractivity contribution in [1.29, 1.82) is 0 Å². The Morgan fingerprint density at radius 3 is 2.84 bits per heavy atom. The number of hydrogen-bond donors (Lipinski definition) is 3. The van der Waals surface area contributed by atoms with Crippen LogP contribution in [0.2, 0.25) is 0 Å². The summed E-state index contributed by atoms with van der Waals surface area (Å²) in [7, 11) is -2.20. The molecule has 1 saturated heterocycles. The molecule has 2 rings (SSSR count). The summed E-state index contributed by atoms with van der Waals surface area (Å²) in [6.45, 7) is 1.17. The van der Waals surface area contributed by atoms with Gasteiger partial charge < -0.3 is 15.7 Å². The summed E-state index contributed by atoms with van der Waals surface area (Å²) >= 11 is 0. The number of benzene rings is 1. The minimum atomic E-state index is -3.57. The number of β-amino-alcohol motifs (C(OH)–C–C–N with tert-alkyl or cyclic N) is 1. The van der Waals surface area contributed by atoms with Crippen molar-refractivity contribution in [3.05, 3.63) is 18.2 Å². The summed E-state index contributed by atoms with van der Waals surface area (Å²) < 4.78 is 26.4. The van der Waals surface area contributed by atoms with Crippen molar-refractivity contribution < 1.29 is 13.5 Å². The van der Waals surface area contributed by atoms with Gasteiger partial charge >= 0.3 is 0 Å². The van der Waals surface area contributed by atoms with E-state index in [-0.39, 0.29) is 4.90 Å². The zero-order chi connectivity index (χ0) is 14.0. The molecule has 1 unspecified atom stereocenters. The van der Waals surface area contributed by atoms with Crippen LogP contribution in [-0.4, -0.2) is 39.8 Å². The lowest BCUT2D eigenvalue weighted by Gasteiger charge is -2.33. The average Bonchev–Trinajstić information content (AvgIpc) is 2.38. The van der Waals surface area contributed by atoms with E-state index in [0.717, 1.165) is 19.4 Å². The molecule has 19 heavy (non-hydrogen) atoms. The summed E-state index contributed by atoms with van der Waals surface area (Å²) in [6, 6.07) is 4.81. The van der Waals surface area contributed by atoms with Gasteiger partial charge in [0.2, 0.25) is 10.0 Å². The maximum atomic E-state index is 12.0. The molecule has 1 aliphatic rings. The number of hydrogen-bond acceptors (Lipinski definition) is 5. The molecule has 1 heterocycles. The van der Waals surface area contributed by atoms with Gasteiger partial charge in [0.15, 0.2) is 0 Å². The first-order valence-corrected chi connectivity index (χ1v) is 7.68. The predicted molar refractivity (Wildman–Crippen MR) is 74.6 cm³/mol. The van der Waals surface area contributed by atoms with Gasteiger partial charge in [0.25, 0.3) is 0 Å². The number of sulfonamides is 1. The first-order valence-electron chi connectivity index (χ1n) is 6.20. The van der Waals surface area contributed by atoms with Crippen molar-refractivity contribution in [3.8, 4) is 0 Å². The molecular weight excluding hydrogens is 266 g/mol. The highest BCUT2D eigenvalue weighted by atomic mass is 32.2. The Kier molecular flexibility index (Phi) is 3.98. The molecule has 1 aromatic rings. The number of piperidine rings is 1. The third kappa shape index (κ3) is 2.99. The van der Waals surface area contributed by atoms with Crippen LogP contribution in [0, 0.1) is 0 Å². The van der Waals surface area contributed by atoms with E-state index in [0.29, 0.717) is 17.9 Å². The van der Waals surface area contributed by atoms with Gasteiger partial charge in [0.1, 0.15) is 4.90 Å². The van der Waals surface area contributed by atoms with E-state index in [4.69, 9.17) is 5.73 Å². The Hall–Kier alpha value is -1.31. The lowest BCUT2D eigenvalue weighted by molar-refractivity contribution is 0.154. The van der Waals surface area contributed by atoms with Gasteiger partial charge in [-0.3, -0.25) is 0 Å². The van der Waals surface area contributed by atoms with Gasteiger partial charge in [-0.05, 0) is 38.1 Å². The quantitative estimate of drug-likeness (QED) is 0.687. The number of aliphatic hydroxyl groups excluding tert-OH is 1. The number of nitrogen functional groups attached to an aromatic ring is 1. The standard InChI is InChI=1S/C12H19N3O3S/c1-14-19(17,18)12-7-9(13)4-5-11(12)15-6-2-3-10(16)8-15/h4-5,7,10,14,16H,2-3,6,8,13H2,1H3.